The van der Waals surface area contributed by atoms with Gasteiger partial charge in [0.2, 0.25) is 5.91 Å². The Morgan fingerprint density at radius 2 is 1.81 bits per heavy atom. The van der Waals surface area contributed by atoms with Gasteiger partial charge in [0.1, 0.15) is 5.75 Å². The predicted octanol–water partition coefficient (Wildman–Crippen LogP) is 4.11. The van der Waals surface area contributed by atoms with E-state index in [-0.39, 0.29) is 18.1 Å². The van der Waals surface area contributed by atoms with E-state index >= 15 is 0 Å². The topological polar surface area (TPSA) is 84.7 Å². The van der Waals surface area contributed by atoms with Crippen LogP contribution in [0.1, 0.15) is 28.5 Å². The zero-order valence-corrected chi connectivity index (χ0v) is 17.2. The van der Waals surface area contributed by atoms with Crippen LogP contribution in [0.5, 0.6) is 5.75 Å². The molecular formula is C24H23N3O4. The van der Waals surface area contributed by atoms with Gasteiger partial charge in [-0.05, 0) is 30.7 Å². The lowest BCUT2D eigenvalue weighted by Gasteiger charge is -2.36. The van der Waals surface area contributed by atoms with E-state index < -0.39 is 11.2 Å². The summed E-state index contributed by atoms with van der Waals surface area (Å²) in [4.78, 5) is 25.2. The van der Waals surface area contributed by atoms with E-state index in [1.807, 2.05) is 60.4 Å². The number of nitrogens with zero attached hydrogens (tertiary/aromatic N) is 2. The second kappa shape index (κ2) is 8.97. The van der Waals surface area contributed by atoms with Crippen molar-refractivity contribution in [2.75, 3.05) is 6.54 Å². The fraction of sp³-hybridized carbons (Fsp3) is 0.208. The standard InChI is InChI=1S/C24H23N3O4/c1-17-6-8-18(9-7-17)14-25-23(28)16-26-15-20-4-2-3-5-22(20)31-24(26)19-10-12-21(13-11-19)27(29)30/h2-13,24H,14-16H2,1H3,(H,25,28). The molecule has 7 nitrogen and oxygen atoms in total. The van der Waals surface area contributed by atoms with Gasteiger partial charge in [0.05, 0.1) is 11.5 Å². The lowest BCUT2D eigenvalue weighted by Crippen LogP contribution is -2.42. The second-order valence-electron chi connectivity index (χ2n) is 7.59. The van der Waals surface area contributed by atoms with Crippen molar-refractivity contribution >= 4 is 11.6 Å². The minimum atomic E-state index is -0.513. The Morgan fingerprint density at radius 1 is 1.10 bits per heavy atom. The smallest absolute Gasteiger partial charge is 0.269 e. The quantitative estimate of drug-likeness (QED) is 0.482. The largest absolute Gasteiger partial charge is 0.471 e. The summed E-state index contributed by atoms with van der Waals surface area (Å²) in [6.07, 6.45) is -0.513. The van der Waals surface area contributed by atoms with E-state index in [9.17, 15) is 14.9 Å². The van der Waals surface area contributed by atoms with Crippen LogP contribution in [0, 0.1) is 17.0 Å². The van der Waals surface area contributed by atoms with Gasteiger partial charge in [-0.1, -0.05) is 48.0 Å². The number of aryl methyl sites for hydroxylation is 1. The molecule has 1 amide bonds. The van der Waals surface area contributed by atoms with Crippen molar-refractivity contribution in [3.63, 3.8) is 0 Å². The lowest BCUT2D eigenvalue weighted by molar-refractivity contribution is -0.384. The highest BCUT2D eigenvalue weighted by Gasteiger charge is 2.30. The molecule has 4 rings (SSSR count). The molecule has 0 aromatic heterocycles. The summed E-state index contributed by atoms with van der Waals surface area (Å²) in [7, 11) is 0. The van der Waals surface area contributed by atoms with Gasteiger partial charge in [0, 0.05) is 36.3 Å². The van der Waals surface area contributed by atoms with E-state index in [1.165, 1.54) is 17.7 Å². The van der Waals surface area contributed by atoms with Crippen LogP contribution < -0.4 is 10.1 Å². The third-order valence-corrected chi connectivity index (χ3v) is 5.26. The van der Waals surface area contributed by atoms with Crippen molar-refractivity contribution in [2.45, 2.75) is 26.2 Å². The van der Waals surface area contributed by atoms with E-state index in [2.05, 4.69) is 5.32 Å². The number of benzene rings is 3. The highest BCUT2D eigenvalue weighted by Crippen LogP contribution is 2.35. The fourth-order valence-corrected chi connectivity index (χ4v) is 3.57. The molecule has 0 saturated carbocycles. The van der Waals surface area contributed by atoms with E-state index in [4.69, 9.17) is 4.74 Å². The number of nitro benzene ring substituents is 1. The number of amides is 1. The molecule has 0 bridgehead atoms. The Hall–Kier alpha value is -3.71. The molecule has 3 aromatic rings. The van der Waals surface area contributed by atoms with Gasteiger partial charge < -0.3 is 10.1 Å². The lowest BCUT2D eigenvalue weighted by atomic mass is 10.1. The Balaban J connectivity index is 1.50. The average molecular weight is 417 g/mol. The van der Waals surface area contributed by atoms with E-state index in [0.717, 1.165) is 22.4 Å². The molecule has 1 N–H and O–H groups in total. The van der Waals surface area contributed by atoms with E-state index in [1.54, 1.807) is 12.1 Å². The summed E-state index contributed by atoms with van der Waals surface area (Å²) in [5.41, 5.74) is 3.97. The number of hydrogen-bond acceptors (Lipinski definition) is 5. The third-order valence-electron chi connectivity index (χ3n) is 5.26. The summed E-state index contributed by atoms with van der Waals surface area (Å²) in [5.74, 6) is 0.637. The van der Waals surface area contributed by atoms with Crippen molar-refractivity contribution < 1.29 is 14.5 Å². The molecule has 0 saturated heterocycles. The molecule has 7 heteroatoms. The van der Waals surface area contributed by atoms with Crippen molar-refractivity contribution in [1.82, 2.24) is 10.2 Å². The zero-order valence-electron chi connectivity index (χ0n) is 17.2. The number of non-ortho nitro benzene ring substituents is 1. The molecule has 0 fully saturated rings. The van der Waals surface area contributed by atoms with Crippen LogP contribution in [0.25, 0.3) is 0 Å². The molecule has 1 atom stereocenters. The Labute approximate surface area is 180 Å². The van der Waals surface area contributed by atoms with E-state index in [0.29, 0.717) is 13.1 Å². The summed E-state index contributed by atoms with van der Waals surface area (Å²) >= 11 is 0. The minimum absolute atomic E-state index is 0.0161. The molecule has 0 radical (unpaired) electrons. The molecular weight excluding hydrogens is 394 g/mol. The maximum atomic E-state index is 12.7. The average Bonchev–Trinajstić information content (AvgIpc) is 2.78. The van der Waals surface area contributed by atoms with Crippen LogP contribution in [0.2, 0.25) is 0 Å². The van der Waals surface area contributed by atoms with Gasteiger partial charge in [-0.3, -0.25) is 19.8 Å². The first-order valence-electron chi connectivity index (χ1n) is 10.0. The molecule has 1 aliphatic rings. The first-order chi connectivity index (χ1) is 15.0. The fourth-order valence-electron chi connectivity index (χ4n) is 3.57. The molecule has 31 heavy (non-hydrogen) atoms. The van der Waals surface area contributed by atoms with Crippen LogP contribution in [0.15, 0.2) is 72.8 Å². The van der Waals surface area contributed by atoms with Gasteiger partial charge in [-0.2, -0.15) is 0 Å². The van der Waals surface area contributed by atoms with Crippen LogP contribution >= 0.6 is 0 Å². The maximum Gasteiger partial charge on any atom is 0.269 e. The number of carbonyl (C=O) groups is 1. The summed E-state index contributed by atoms with van der Waals surface area (Å²) in [5, 5.41) is 13.9. The highest BCUT2D eigenvalue weighted by atomic mass is 16.6. The van der Waals surface area contributed by atoms with Crippen molar-refractivity contribution in [3.05, 3.63) is 105 Å². The number of nitrogens with one attached hydrogen (secondary N) is 1. The normalized spacial score (nSPS) is 15.6. The maximum absolute atomic E-state index is 12.7. The van der Waals surface area contributed by atoms with Crippen molar-refractivity contribution in [1.29, 1.82) is 0 Å². The molecule has 1 heterocycles. The molecule has 0 aliphatic carbocycles. The SMILES string of the molecule is Cc1ccc(CNC(=O)CN2Cc3ccccc3OC2c2ccc([N+](=O)[O-])cc2)cc1. The predicted molar refractivity (Wildman–Crippen MR) is 116 cm³/mol. The highest BCUT2D eigenvalue weighted by molar-refractivity contribution is 5.78. The second-order valence-corrected chi connectivity index (χ2v) is 7.59. The monoisotopic (exact) mass is 417 g/mol. The third kappa shape index (κ3) is 4.90. The Bertz CT molecular complexity index is 1080. The van der Waals surface area contributed by atoms with Gasteiger partial charge in [0.25, 0.3) is 5.69 Å². The summed E-state index contributed by atoms with van der Waals surface area (Å²) < 4.78 is 6.18. The number of carbonyl (C=O) groups excluding carboxylic acids is 1. The van der Waals surface area contributed by atoms with Crippen LogP contribution in [-0.2, 0) is 17.9 Å². The number of para-hydroxylation sites is 1. The van der Waals surface area contributed by atoms with Gasteiger partial charge >= 0.3 is 0 Å². The van der Waals surface area contributed by atoms with Gasteiger partial charge in [0.15, 0.2) is 6.23 Å². The van der Waals surface area contributed by atoms with Crippen LogP contribution in [0.4, 0.5) is 5.69 Å². The molecule has 158 valence electrons. The zero-order chi connectivity index (χ0) is 21.8. The molecule has 1 aliphatic heterocycles. The van der Waals surface area contributed by atoms with Gasteiger partial charge in [-0.15, -0.1) is 0 Å². The molecule has 1 unspecified atom stereocenters. The number of hydrogen-bond donors (Lipinski definition) is 1. The van der Waals surface area contributed by atoms with Crippen molar-refractivity contribution in [3.8, 4) is 5.75 Å². The van der Waals surface area contributed by atoms with Crippen LogP contribution in [0.3, 0.4) is 0 Å². The summed E-state index contributed by atoms with van der Waals surface area (Å²) in [6, 6.07) is 22.0. The Morgan fingerprint density at radius 3 is 2.52 bits per heavy atom. The Kier molecular flexibility index (Phi) is 5.95. The number of rotatable bonds is 6. The first kappa shape index (κ1) is 20.6. The number of ether oxygens (including phenoxy) is 1. The van der Waals surface area contributed by atoms with Crippen LogP contribution in [-0.4, -0.2) is 22.3 Å². The molecule has 0 spiro atoms. The number of fused-ring (bicyclic) bond motifs is 1. The van der Waals surface area contributed by atoms with Gasteiger partial charge in [-0.25, -0.2) is 0 Å². The number of nitro groups is 1. The minimum Gasteiger partial charge on any atom is -0.471 e. The van der Waals surface area contributed by atoms with Crippen molar-refractivity contribution in [2.24, 2.45) is 0 Å². The first-order valence-corrected chi connectivity index (χ1v) is 10.0. The summed E-state index contributed by atoms with van der Waals surface area (Å²) in [6.45, 7) is 3.15. The molecule has 3 aromatic carbocycles.